The second kappa shape index (κ2) is 15.7. The lowest BCUT2D eigenvalue weighted by Crippen LogP contribution is -2.60. The van der Waals surface area contributed by atoms with Gasteiger partial charge in [0, 0.05) is 24.8 Å². The van der Waals surface area contributed by atoms with E-state index in [1.54, 1.807) is 33.8 Å². The van der Waals surface area contributed by atoms with E-state index in [2.05, 4.69) is 27.8 Å². The number of carbonyl (C=O) groups is 5. The van der Waals surface area contributed by atoms with Crippen molar-refractivity contribution in [3.05, 3.63) is 108 Å². The van der Waals surface area contributed by atoms with Gasteiger partial charge in [-0.15, -0.1) is 6.58 Å². The van der Waals surface area contributed by atoms with Crippen molar-refractivity contribution >= 4 is 29.9 Å². The van der Waals surface area contributed by atoms with Crippen molar-refractivity contribution in [2.45, 2.75) is 88.7 Å². The summed E-state index contributed by atoms with van der Waals surface area (Å²) in [5.41, 5.74) is 3.94. The SMILES string of the molecule is C=CC1C[C@]1(NC(=O)C1C[C@@H](NC(=O)OCC2c3ccccc3-c3ccccc32)CN1C(=O)N[C@H](C(=O)NC1c2ccccc2C[C@H]1O)C(C)(C)C)C(=O)OCC. The summed E-state index contributed by atoms with van der Waals surface area (Å²) >= 11 is 0. The maximum Gasteiger partial charge on any atom is 0.407 e. The van der Waals surface area contributed by atoms with Crippen molar-refractivity contribution in [1.29, 1.82) is 0 Å². The van der Waals surface area contributed by atoms with E-state index in [1.807, 2.05) is 72.8 Å². The number of likely N-dealkylation sites (tertiary alicyclic amines) is 1. The Morgan fingerprint density at radius 2 is 1.56 bits per heavy atom. The topological polar surface area (TPSA) is 175 Å². The third-order valence-electron chi connectivity index (χ3n) is 11.7. The highest BCUT2D eigenvalue weighted by Gasteiger charge is 2.62. The molecule has 1 saturated carbocycles. The molecule has 3 unspecified atom stereocenters. The molecule has 2 fully saturated rings. The molecule has 13 nitrogen and oxygen atoms in total. The van der Waals surface area contributed by atoms with Gasteiger partial charge in [-0.05, 0) is 58.6 Å². The molecule has 3 aliphatic carbocycles. The molecule has 0 spiro atoms. The van der Waals surface area contributed by atoms with Crippen LogP contribution in [0.2, 0.25) is 0 Å². The number of ether oxygens (including phenoxy) is 2. The fraction of sp³-hybridized carbons (Fsp3) is 0.432. The summed E-state index contributed by atoms with van der Waals surface area (Å²) in [6, 6.07) is 19.2. The number of benzene rings is 3. The Labute approximate surface area is 332 Å². The summed E-state index contributed by atoms with van der Waals surface area (Å²) in [6.45, 7) is 11.0. The molecular formula is C44H51N5O8. The lowest BCUT2D eigenvalue weighted by atomic mass is 9.86. The number of hydrogen-bond donors (Lipinski definition) is 5. The van der Waals surface area contributed by atoms with Crippen LogP contribution in [-0.4, -0.2) is 89.4 Å². The second-order valence-corrected chi connectivity index (χ2v) is 16.5. The number of esters is 1. The van der Waals surface area contributed by atoms with Crippen LogP contribution in [0.4, 0.5) is 9.59 Å². The minimum atomic E-state index is -1.32. The number of alkyl carbamates (subject to hydrolysis) is 1. The summed E-state index contributed by atoms with van der Waals surface area (Å²) in [7, 11) is 0. The zero-order valence-electron chi connectivity index (χ0n) is 32.7. The minimum Gasteiger partial charge on any atom is -0.464 e. The van der Waals surface area contributed by atoms with Crippen LogP contribution in [0.3, 0.4) is 0 Å². The molecule has 57 heavy (non-hydrogen) atoms. The van der Waals surface area contributed by atoms with Gasteiger partial charge in [-0.25, -0.2) is 14.4 Å². The summed E-state index contributed by atoms with van der Waals surface area (Å²) < 4.78 is 11.1. The van der Waals surface area contributed by atoms with Gasteiger partial charge in [0.15, 0.2) is 0 Å². The number of amides is 5. The zero-order chi connectivity index (χ0) is 40.6. The predicted molar refractivity (Wildman–Crippen MR) is 212 cm³/mol. The number of nitrogens with one attached hydrogen (secondary N) is 4. The van der Waals surface area contributed by atoms with Gasteiger partial charge in [0.25, 0.3) is 0 Å². The third-order valence-corrected chi connectivity index (χ3v) is 11.7. The highest BCUT2D eigenvalue weighted by atomic mass is 16.5. The van der Waals surface area contributed by atoms with E-state index >= 15 is 0 Å². The van der Waals surface area contributed by atoms with Crippen molar-refractivity contribution in [2.75, 3.05) is 19.8 Å². The van der Waals surface area contributed by atoms with Crippen LogP contribution < -0.4 is 21.3 Å². The van der Waals surface area contributed by atoms with E-state index in [0.717, 1.165) is 33.4 Å². The monoisotopic (exact) mass is 777 g/mol. The van der Waals surface area contributed by atoms with Gasteiger partial charge in [-0.3, -0.25) is 9.59 Å². The van der Waals surface area contributed by atoms with E-state index in [9.17, 15) is 29.1 Å². The van der Waals surface area contributed by atoms with Gasteiger partial charge in [-0.1, -0.05) is 99.6 Å². The Balaban J connectivity index is 1.07. The molecule has 3 aromatic rings. The van der Waals surface area contributed by atoms with E-state index in [0.29, 0.717) is 12.8 Å². The predicted octanol–water partition coefficient (Wildman–Crippen LogP) is 4.49. The summed E-state index contributed by atoms with van der Waals surface area (Å²) in [6.07, 6.45) is 0.734. The summed E-state index contributed by atoms with van der Waals surface area (Å²) in [5.74, 6) is -2.23. The average molecular weight is 778 g/mol. The normalized spacial score (nSPS) is 24.9. The first-order valence-electron chi connectivity index (χ1n) is 19.6. The number of hydrogen-bond acceptors (Lipinski definition) is 8. The number of rotatable bonds is 11. The smallest absolute Gasteiger partial charge is 0.407 e. The van der Waals surface area contributed by atoms with Crippen molar-refractivity contribution in [2.24, 2.45) is 11.3 Å². The first-order valence-corrected chi connectivity index (χ1v) is 19.6. The van der Waals surface area contributed by atoms with E-state index < -0.39 is 71.1 Å². The van der Waals surface area contributed by atoms with Crippen molar-refractivity contribution in [1.82, 2.24) is 26.2 Å². The van der Waals surface area contributed by atoms with Gasteiger partial charge in [-0.2, -0.15) is 0 Å². The van der Waals surface area contributed by atoms with Gasteiger partial charge < -0.3 is 40.7 Å². The molecule has 0 aromatic heterocycles. The van der Waals surface area contributed by atoms with Crippen LogP contribution in [0.15, 0.2) is 85.5 Å². The molecule has 300 valence electrons. The minimum absolute atomic E-state index is 0.0124. The average Bonchev–Trinajstić information content (AvgIpc) is 3.41. The maximum absolute atomic E-state index is 14.3. The van der Waals surface area contributed by atoms with Crippen LogP contribution >= 0.6 is 0 Å². The maximum atomic E-state index is 14.3. The Kier molecular flexibility index (Phi) is 10.9. The van der Waals surface area contributed by atoms with Crippen LogP contribution in [0, 0.1) is 11.3 Å². The number of carbonyl (C=O) groups excluding carboxylic acids is 5. The number of fused-ring (bicyclic) bond motifs is 4. The zero-order valence-corrected chi connectivity index (χ0v) is 32.7. The molecule has 5 amide bonds. The first-order chi connectivity index (χ1) is 27.2. The molecule has 7 atom stereocenters. The molecule has 5 N–H and O–H groups in total. The number of nitrogens with zero attached hydrogens (tertiary/aromatic N) is 1. The molecule has 0 radical (unpaired) electrons. The Morgan fingerprint density at radius 1 is 0.930 bits per heavy atom. The molecule has 13 heteroatoms. The molecule has 3 aromatic carbocycles. The highest BCUT2D eigenvalue weighted by molar-refractivity contribution is 5.96. The van der Waals surface area contributed by atoms with Crippen LogP contribution in [0.5, 0.6) is 0 Å². The molecule has 7 rings (SSSR count). The number of aliphatic hydroxyl groups excluding tert-OH is 1. The van der Waals surface area contributed by atoms with E-state index in [1.165, 1.54) is 4.90 Å². The van der Waals surface area contributed by atoms with E-state index in [4.69, 9.17) is 9.47 Å². The van der Waals surface area contributed by atoms with Crippen molar-refractivity contribution in [3.63, 3.8) is 0 Å². The molecule has 1 aliphatic heterocycles. The van der Waals surface area contributed by atoms with Gasteiger partial charge >= 0.3 is 18.1 Å². The molecule has 4 aliphatic rings. The Bertz CT molecular complexity index is 2040. The van der Waals surface area contributed by atoms with Crippen molar-refractivity contribution in [3.8, 4) is 11.1 Å². The quantitative estimate of drug-likeness (QED) is 0.140. The lowest BCUT2D eigenvalue weighted by molar-refractivity contribution is -0.149. The largest absolute Gasteiger partial charge is 0.464 e. The van der Waals surface area contributed by atoms with Crippen molar-refractivity contribution < 1.29 is 38.6 Å². The van der Waals surface area contributed by atoms with Gasteiger partial charge in [0.05, 0.1) is 24.8 Å². The lowest BCUT2D eigenvalue weighted by Gasteiger charge is -2.34. The van der Waals surface area contributed by atoms with Crippen LogP contribution in [-0.2, 0) is 30.3 Å². The Morgan fingerprint density at radius 3 is 2.18 bits per heavy atom. The van der Waals surface area contributed by atoms with Gasteiger partial charge in [0.2, 0.25) is 11.8 Å². The first kappa shape index (κ1) is 39.5. The summed E-state index contributed by atoms with van der Waals surface area (Å²) in [4.78, 5) is 70.1. The summed E-state index contributed by atoms with van der Waals surface area (Å²) in [5, 5.41) is 22.3. The highest BCUT2D eigenvalue weighted by Crippen LogP contribution is 2.46. The fourth-order valence-electron chi connectivity index (χ4n) is 8.65. The third kappa shape index (κ3) is 7.72. The molecular weight excluding hydrogens is 727 g/mol. The van der Waals surface area contributed by atoms with E-state index in [-0.39, 0.29) is 38.0 Å². The Hall–Kier alpha value is -5.69. The molecule has 1 heterocycles. The van der Waals surface area contributed by atoms with Crippen LogP contribution in [0.1, 0.15) is 74.8 Å². The number of urea groups is 1. The van der Waals surface area contributed by atoms with Crippen LogP contribution in [0.25, 0.3) is 11.1 Å². The standard InChI is InChI=1S/C44H51N5O8/c1-6-26-22-44(26,40(53)56-7-2)48-38(51)34-21-27(45-42(55)57-24-33-31-18-12-10-16-29(31)30-17-11-13-19-32(30)33)23-49(34)41(54)47-37(43(3,4)5)39(52)46-36-28-15-9-8-14-25(28)20-35(36)50/h6,8-19,26-27,33-37,50H,1,7,20-24H2,2-5H3,(H,45,55)(H,46,52)(H,47,54)(H,48,51)/t26?,27-,34?,35-,36?,37-,44-/m1/s1. The molecule has 0 bridgehead atoms. The fourth-order valence-corrected chi connectivity index (χ4v) is 8.65. The molecule has 1 saturated heterocycles. The number of aliphatic hydroxyl groups is 1. The second-order valence-electron chi connectivity index (χ2n) is 16.5. The van der Waals surface area contributed by atoms with Gasteiger partial charge in [0.1, 0.15) is 24.2 Å².